The van der Waals surface area contributed by atoms with Crippen LogP contribution in [-0.2, 0) is 10.2 Å². The quantitative estimate of drug-likeness (QED) is 0.792. The number of carbonyl (C=O) groups excluding carboxylic acids is 1. The first-order valence-corrected chi connectivity index (χ1v) is 4.73. The molecule has 1 aliphatic rings. The molecule has 0 atom stereocenters. The van der Waals surface area contributed by atoms with E-state index in [1.54, 1.807) is 6.92 Å². The van der Waals surface area contributed by atoms with Crippen molar-refractivity contribution in [2.24, 2.45) is 5.73 Å². The highest BCUT2D eigenvalue weighted by Crippen LogP contribution is 2.49. The lowest BCUT2D eigenvalue weighted by molar-refractivity contribution is -0.120. The first-order valence-electron chi connectivity index (χ1n) is 4.36. The molecule has 2 N–H and O–H groups in total. The summed E-state index contributed by atoms with van der Waals surface area (Å²) in [6.45, 7) is 1.76. The van der Waals surface area contributed by atoms with E-state index in [0.29, 0.717) is 16.5 Å². The van der Waals surface area contributed by atoms with Crippen LogP contribution in [0, 0.1) is 6.92 Å². The van der Waals surface area contributed by atoms with Crippen LogP contribution in [0.15, 0.2) is 6.20 Å². The van der Waals surface area contributed by atoms with E-state index >= 15 is 0 Å². The van der Waals surface area contributed by atoms with Crippen LogP contribution >= 0.6 is 11.6 Å². The van der Waals surface area contributed by atoms with Gasteiger partial charge in [-0.3, -0.25) is 4.79 Å². The fourth-order valence-electron chi connectivity index (χ4n) is 1.52. The zero-order valence-corrected chi connectivity index (χ0v) is 8.51. The third kappa shape index (κ3) is 1.26. The van der Waals surface area contributed by atoms with Gasteiger partial charge in [-0.15, -0.1) is 0 Å². The fourth-order valence-corrected chi connectivity index (χ4v) is 1.79. The number of carbonyl (C=O) groups is 1. The lowest BCUT2D eigenvalue weighted by Crippen LogP contribution is -2.29. The smallest absolute Gasteiger partial charge is 0.229 e. The number of halogens is 1. The van der Waals surface area contributed by atoms with Gasteiger partial charge >= 0.3 is 0 Å². The molecule has 1 aromatic heterocycles. The Kier molecular flexibility index (Phi) is 1.96. The maximum atomic E-state index is 11.3. The summed E-state index contributed by atoms with van der Waals surface area (Å²) in [5, 5.41) is 0.423. The molecule has 14 heavy (non-hydrogen) atoms. The lowest BCUT2D eigenvalue weighted by atomic mass is 10.0. The van der Waals surface area contributed by atoms with Gasteiger partial charge in [-0.2, -0.15) is 0 Å². The fraction of sp³-hybridized carbons (Fsp3) is 0.444. The predicted octanol–water partition coefficient (Wildman–Crippen LogP) is 0.955. The summed E-state index contributed by atoms with van der Waals surface area (Å²) < 4.78 is 0. The third-order valence-electron chi connectivity index (χ3n) is 2.54. The minimum absolute atomic E-state index is 0.350. The summed E-state index contributed by atoms with van der Waals surface area (Å²) in [4.78, 5) is 19.4. The molecule has 1 aromatic rings. The normalized spacial score (nSPS) is 17.9. The molecular weight excluding hydrogens is 202 g/mol. The molecule has 0 bridgehead atoms. The Hall–Kier alpha value is -1.16. The Morgan fingerprint density at radius 1 is 1.64 bits per heavy atom. The SMILES string of the molecule is Cc1ncc(Cl)c(C2(C(N)=O)CC2)n1. The Morgan fingerprint density at radius 3 is 2.79 bits per heavy atom. The molecule has 1 aliphatic carbocycles. The van der Waals surface area contributed by atoms with Gasteiger partial charge in [0.05, 0.1) is 16.1 Å². The largest absolute Gasteiger partial charge is 0.369 e. The number of nitrogens with zero attached hydrogens (tertiary/aromatic N) is 2. The van der Waals surface area contributed by atoms with Crippen LogP contribution in [0.1, 0.15) is 24.4 Å². The summed E-state index contributed by atoms with van der Waals surface area (Å²) in [5.74, 6) is 0.259. The van der Waals surface area contributed by atoms with Gasteiger partial charge in [0, 0.05) is 6.20 Å². The van der Waals surface area contributed by atoms with E-state index in [2.05, 4.69) is 9.97 Å². The van der Waals surface area contributed by atoms with Gasteiger partial charge in [-0.05, 0) is 19.8 Å². The highest BCUT2D eigenvalue weighted by Gasteiger charge is 2.52. The van der Waals surface area contributed by atoms with Crippen LogP contribution in [0.4, 0.5) is 0 Å². The first kappa shape index (κ1) is 9.40. The van der Waals surface area contributed by atoms with Crippen molar-refractivity contribution in [1.82, 2.24) is 9.97 Å². The maximum Gasteiger partial charge on any atom is 0.229 e. The van der Waals surface area contributed by atoms with Crippen molar-refractivity contribution in [2.45, 2.75) is 25.2 Å². The standard InChI is InChI=1S/C9H10ClN3O/c1-5-12-4-6(10)7(13-5)9(2-3-9)8(11)14/h4H,2-3H2,1H3,(H2,11,14). The second kappa shape index (κ2) is 2.92. The van der Waals surface area contributed by atoms with Crippen molar-refractivity contribution in [3.8, 4) is 0 Å². The number of amides is 1. The zero-order chi connectivity index (χ0) is 10.3. The monoisotopic (exact) mass is 211 g/mol. The molecule has 4 nitrogen and oxygen atoms in total. The van der Waals surface area contributed by atoms with Gasteiger partial charge in [0.15, 0.2) is 0 Å². The molecule has 0 radical (unpaired) electrons. The number of aromatic nitrogens is 2. The van der Waals surface area contributed by atoms with E-state index in [1.807, 2.05) is 0 Å². The van der Waals surface area contributed by atoms with E-state index in [4.69, 9.17) is 17.3 Å². The second-order valence-corrected chi connectivity index (χ2v) is 3.97. The van der Waals surface area contributed by atoms with E-state index < -0.39 is 5.41 Å². The van der Waals surface area contributed by atoms with Gasteiger partial charge in [-0.1, -0.05) is 11.6 Å². The van der Waals surface area contributed by atoms with Gasteiger partial charge in [0.25, 0.3) is 0 Å². The Morgan fingerprint density at radius 2 is 2.29 bits per heavy atom. The average molecular weight is 212 g/mol. The van der Waals surface area contributed by atoms with E-state index in [-0.39, 0.29) is 5.91 Å². The molecule has 5 heteroatoms. The summed E-state index contributed by atoms with van der Waals surface area (Å²) in [5.41, 5.74) is 5.29. The van der Waals surface area contributed by atoms with E-state index in [1.165, 1.54) is 6.20 Å². The topological polar surface area (TPSA) is 68.9 Å². The Balaban J connectivity index is 2.51. The highest BCUT2D eigenvalue weighted by molar-refractivity contribution is 6.31. The summed E-state index contributed by atoms with van der Waals surface area (Å²) in [6.07, 6.45) is 2.99. The average Bonchev–Trinajstić information content (AvgIpc) is 2.90. The molecule has 0 unspecified atom stereocenters. The Bertz CT molecular complexity index is 401. The van der Waals surface area contributed by atoms with Crippen LogP contribution < -0.4 is 5.73 Å². The van der Waals surface area contributed by atoms with Crippen molar-refractivity contribution in [2.75, 3.05) is 0 Å². The molecular formula is C9H10ClN3O. The second-order valence-electron chi connectivity index (χ2n) is 3.56. The molecule has 0 aliphatic heterocycles. The molecule has 0 saturated heterocycles. The number of rotatable bonds is 2. The van der Waals surface area contributed by atoms with E-state index in [9.17, 15) is 4.79 Å². The van der Waals surface area contributed by atoms with Crippen LogP contribution in [0.2, 0.25) is 5.02 Å². The van der Waals surface area contributed by atoms with Crippen molar-refractivity contribution in [3.05, 3.63) is 22.7 Å². The molecule has 1 amide bonds. The third-order valence-corrected chi connectivity index (χ3v) is 2.82. The number of hydrogen-bond acceptors (Lipinski definition) is 3. The zero-order valence-electron chi connectivity index (χ0n) is 7.75. The van der Waals surface area contributed by atoms with Crippen molar-refractivity contribution >= 4 is 17.5 Å². The van der Waals surface area contributed by atoms with Gasteiger partial charge in [-0.25, -0.2) is 9.97 Å². The molecule has 0 spiro atoms. The summed E-state index contributed by atoms with van der Waals surface area (Å²) in [7, 11) is 0. The van der Waals surface area contributed by atoms with Crippen LogP contribution in [-0.4, -0.2) is 15.9 Å². The highest BCUT2D eigenvalue weighted by atomic mass is 35.5. The summed E-state index contributed by atoms with van der Waals surface area (Å²) >= 11 is 5.93. The number of hydrogen-bond donors (Lipinski definition) is 1. The molecule has 1 saturated carbocycles. The van der Waals surface area contributed by atoms with Gasteiger partial charge in [0.2, 0.25) is 5.91 Å². The van der Waals surface area contributed by atoms with Crippen molar-refractivity contribution in [3.63, 3.8) is 0 Å². The maximum absolute atomic E-state index is 11.3. The Labute approximate surface area is 86.5 Å². The minimum atomic E-state index is -0.620. The van der Waals surface area contributed by atoms with Crippen molar-refractivity contribution < 1.29 is 4.79 Å². The molecule has 74 valence electrons. The number of nitrogens with two attached hydrogens (primary N) is 1. The molecule has 2 rings (SSSR count). The van der Waals surface area contributed by atoms with Gasteiger partial charge in [0.1, 0.15) is 5.82 Å². The molecule has 1 heterocycles. The number of aryl methyl sites for hydroxylation is 1. The minimum Gasteiger partial charge on any atom is -0.369 e. The van der Waals surface area contributed by atoms with Crippen LogP contribution in [0.5, 0.6) is 0 Å². The lowest BCUT2D eigenvalue weighted by Gasteiger charge is -2.11. The number of primary amides is 1. The van der Waals surface area contributed by atoms with Gasteiger partial charge < -0.3 is 5.73 Å². The molecule has 0 aromatic carbocycles. The predicted molar refractivity (Wildman–Crippen MR) is 51.9 cm³/mol. The van der Waals surface area contributed by atoms with Crippen LogP contribution in [0.25, 0.3) is 0 Å². The van der Waals surface area contributed by atoms with E-state index in [0.717, 1.165) is 12.8 Å². The van der Waals surface area contributed by atoms with Crippen LogP contribution in [0.3, 0.4) is 0 Å². The summed E-state index contributed by atoms with van der Waals surface area (Å²) in [6, 6.07) is 0. The first-order chi connectivity index (χ1) is 6.56. The molecule has 1 fully saturated rings. The van der Waals surface area contributed by atoms with Crippen molar-refractivity contribution in [1.29, 1.82) is 0 Å².